The van der Waals surface area contributed by atoms with Crippen LogP contribution in [0.25, 0.3) is 5.69 Å². The van der Waals surface area contributed by atoms with E-state index >= 15 is 0 Å². The standard InChI is InChI=1S/C15H12ClN5OS/c16-11-6-7-13(17-8-11)19-14(22)9-23-15-20-18-10-21(15)12-4-2-1-3-5-12/h1-8,10H,9H2,(H,17,19,22). The van der Waals surface area contributed by atoms with E-state index in [-0.39, 0.29) is 11.7 Å². The molecule has 8 heteroatoms. The van der Waals surface area contributed by atoms with Gasteiger partial charge in [-0.05, 0) is 24.3 Å². The molecule has 0 radical (unpaired) electrons. The highest BCUT2D eigenvalue weighted by atomic mass is 35.5. The third kappa shape index (κ3) is 4.08. The van der Waals surface area contributed by atoms with Crippen LogP contribution in [0.3, 0.4) is 0 Å². The number of pyridine rings is 1. The smallest absolute Gasteiger partial charge is 0.236 e. The minimum atomic E-state index is -0.174. The van der Waals surface area contributed by atoms with Crippen LogP contribution in [-0.4, -0.2) is 31.4 Å². The van der Waals surface area contributed by atoms with Crippen LogP contribution in [0.5, 0.6) is 0 Å². The van der Waals surface area contributed by atoms with Crippen molar-refractivity contribution in [2.75, 3.05) is 11.1 Å². The van der Waals surface area contributed by atoms with Gasteiger partial charge in [0.2, 0.25) is 5.91 Å². The predicted octanol–water partition coefficient (Wildman–Crippen LogP) is 3.05. The Morgan fingerprint density at radius 3 is 2.78 bits per heavy atom. The van der Waals surface area contributed by atoms with E-state index in [9.17, 15) is 4.79 Å². The average Bonchev–Trinajstić information content (AvgIpc) is 3.04. The molecule has 1 amide bonds. The van der Waals surface area contributed by atoms with Gasteiger partial charge in [-0.3, -0.25) is 9.36 Å². The van der Waals surface area contributed by atoms with Gasteiger partial charge >= 0.3 is 0 Å². The van der Waals surface area contributed by atoms with Crippen molar-refractivity contribution in [3.63, 3.8) is 0 Å². The Morgan fingerprint density at radius 2 is 2.04 bits per heavy atom. The molecule has 2 heterocycles. The number of nitrogens with zero attached hydrogens (tertiary/aromatic N) is 4. The van der Waals surface area contributed by atoms with Crippen LogP contribution in [0.15, 0.2) is 60.1 Å². The molecule has 3 rings (SSSR count). The number of amides is 1. The highest BCUT2D eigenvalue weighted by Crippen LogP contribution is 2.19. The van der Waals surface area contributed by atoms with Crippen molar-refractivity contribution in [3.8, 4) is 5.69 Å². The summed E-state index contributed by atoms with van der Waals surface area (Å²) in [6.07, 6.45) is 3.10. The molecule has 3 aromatic rings. The number of carbonyl (C=O) groups excluding carboxylic acids is 1. The van der Waals surface area contributed by atoms with Crippen molar-refractivity contribution in [2.24, 2.45) is 0 Å². The lowest BCUT2D eigenvalue weighted by Gasteiger charge is -2.06. The summed E-state index contributed by atoms with van der Waals surface area (Å²) in [5, 5.41) is 11.8. The molecule has 0 aliphatic heterocycles. The lowest BCUT2D eigenvalue weighted by molar-refractivity contribution is -0.113. The fraction of sp³-hybridized carbons (Fsp3) is 0.0667. The van der Waals surface area contributed by atoms with Crippen LogP contribution in [0, 0.1) is 0 Å². The van der Waals surface area contributed by atoms with Gasteiger partial charge in [0.15, 0.2) is 5.16 Å². The normalized spacial score (nSPS) is 10.5. The second-order valence-electron chi connectivity index (χ2n) is 4.52. The first-order valence-corrected chi connectivity index (χ1v) is 8.08. The van der Waals surface area contributed by atoms with Crippen LogP contribution in [0.2, 0.25) is 5.02 Å². The molecule has 0 aliphatic rings. The number of halogens is 1. The molecule has 0 saturated carbocycles. The molecule has 0 unspecified atom stereocenters. The van der Waals surface area contributed by atoms with Crippen LogP contribution >= 0.6 is 23.4 Å². The van der Waals surface area contributed by atoms with Gasteiger partial charge in [-0.25, -0.2) is 4.98 Å². The van der Waals surface area contributed by atoms with Crippen molar-refractivity contribution in [1.29, 1.82) is 0 Å². The zero-order valence-electron chi connectivity index (χ0n) is 11.9. The molecule has 0 atom stereocenters. The summed E-state index contributed by atoms with van der Waals surface area (Å²) >= 11 is 7.06. The summed E-state index contributed by atoms with van der Waals surface area (Å²) in [5.74, 6) is 0.493. The molecule has 0 bridgehead atoms. The highest BCUT2D eigenvalue weighted by molar-refractivity contribution is 7.99. The topological polar surface area (TPSA) is 72.7 Å². The second kappa shape index (κ2) is 7.26. The summed E-state index contributed by atoms with van der Waals surface area (Å²) in [4.78, 5) is 16.0. The van der Waals surface area contributed by atoms with Gasteiger partial charge in [0.25, 0.3) is 0 Å². The maximum absolute atomic E-state index is 12.0. The molecule has 116 valence electrons. The quantitative estimate of drug-likeness (QED) is 0.719. The van der Waals surface area contributed by atoms with E-state index < -0.39 is 0 Å². The first-order chi connectivity index (χ1) is 11.2. The Balaban J connectivity index is 1.62. The van der Waals surface area contributed by atoms with E-state index in [0.717, 1.165) is 5.69 Å². The zero-order chi connectivity index (χ0) is 16.1. The SMILES string of the molecule is O=C(CSc1nncn1-c1ccccc1)Nc1ccc(Cl)cn1. The molecular weight excluding hydrogens is 334 g/mol. The minimum Gasteiger partial charge on any atom is -0.310 e. The second-order valence-corrected chi connectivity index (χ2v) is 5.90. The molecule has 2 aromatic heterocycles. The summed E-state index contributed by atoms with van der Waals surface area (Å²) in [5.41, 5.74) is 0.944. The summed E-state index contributed by atoms with van der Waals surface area (Å²) in [6, 6.07) is 13.0. The number of anilines is 1. The molecule has 0 aliphatic carbocycles. The van der Waals surface area contributed by atoms with Gasteiger partial charge in [-0.2, -0.15) is 0 Å². The van der Waals surface area contributed by atoms with Crippen LogP contribution in [0.1, 0.15) is 0 Å². The lowest BCUT2D eigenvalue weighted by Crippen LogP contribution is -2.15. The Morgan fingerprint density at radius 1 is 1.22 bits per heavy atom. The average molecular weight is 346 g/mol. The molecule has 6 nitrogen and oxygen atoms in total. The van der Waals surface area contributed by atoms with E-state index in [1.807, 2.05) is 34.9 Å². The van der Waals surface area contributed by atoms with Crippen LogP contribution in [-0.2, 0) is 4.79 Å². The van der Waals surface area contributed by atoms with Crippen molar-refractivity contribution >= 4 is 35.1 Å². The van der Waals surface area contributed by atoms with Crippen molar-refractivity contribution in [1.82, 2.24) is 19.7 Å². The number of benzene rings is 1. The molecule has 0 spiro atoms. The molecular formula is C15H12ClN5OS. The van der Waals surface area contributed by atoms with Gasteiger partial charge in [0.05, 0.1) is 10.8 Å². The monoisotopic (exact) mass is 345 g/mol. The predicted molar refractivity (Wildman–Crippen MR) is 90.0 cm³/mol. The number of nitrogens with one attached hydrogen (secondary N) is 1. The van der Waals surface area contributed by atoms with Crippen molar-refractivity contribution in [3.05, 3.63) is 60.0 Å². The highest BCUT2D eigenvalue weighted by Gasteiger charge is 2.10. The first-order valence-electron chi connectivity index (χ1n) is 6.72. The summed E-state index contributed by atoms with van der Waals surface area (Å²) < 4.78 is 1.83. The van der Waals surface area contributed by atoms with Crippen molar-refractivity contribution in [2.45, 2.75) is 5.16 Å². The first kappa shape index (κ1) is 15.5. The Bertz CT molecular complexity index is 791. The Kier molecular flexibility index (Phi) is 4.89. The molecule has 1 N–H and O–H groups in total. The lowest BCUT2D eigenvalue weighted by atomic mass is 10.3. The van der Waals surface area contributed by atoms with Gasteiger partial charge in [0, 0.05) is 11.9 Å². The third-order valence-electron chi connectivity index (χ3n) is 2.88. The third-order valence-corrected chi connectivity index (χ3v) is 4.04. The molecule has 0 saturated heterocycles. The zero-order valence-corrected chi connectivity index (χ0v) is 13.5. The fourth-order valence-corrected chi connectivity index (χ4v) is 2.69. The minimum absolute atomic E-state index is 0.174. The van der Waals surface area contributed by atoms with Crippen LogP contribution < -0.4 is 5.32 Å². The molecule has 0 fully saturated rings. The molecule has 23 heavy (non-hydrogen) atoms. The summed E-state index contributed by atoms with van der Waals surface area (Å²) in [7, 11) is 0. The largest absolute Gasteiger partial charge is 0.310 e. The number of thioether (sulfide) groups is 1. The number of para-hydroxylation sites is 1. The number of carbonyl (C=O) groups is 1. The van der Waals surface area contributed by atoms with E-state index in [4.69, 9.17) is 11.6 Å². The Labute approximate surface area is 141 Å². The van der Waals surface area contributed by atoms with Crippen molar-refractivity contribution < 1.29 is 4.79 Å². The maximum atomic E-state index is 12.0. The fourth-order valence-electron chi connectivity index (χ4n) is 1.85. The number of aromatic nitrogens is 4. The van der Waals surface area contributed by atoms with E-state index in [1.165, 1.54) is 18.0 Å². The Hall–Kier alpha value is -2.38. The van der Waals surface area contributed by atoms with Crippen LogP contribution in [0.4, 0.5) is 5.82 Å². The van der Waals surface area contributed by atoms with Gasteiger partial charge in [0.1, 0.15) is 12.1 Å². The van der Waals surface area contributed by atoms with E-state index in [0.29, 0.717) is 16.0 Å². The summed E-state index contributed by atoms with van der Waals surface area (Å²) in [6.45, 7) is 0. The van der Waals surface area contributed by atoms with Gasteiger partial charge < -0.3 is 5.32 Å². The van der Waals surface area contributed by atoms with Gasteiger partial charge in [-0.1, -0.05) is 41.6 Å². The number of rotatable bonds is 5. The number of hydrogen-bond acceptors (Lipinski definition) is 5. The van der Waals surface area contributed by atoms with Gasteiger partial charge in [-0.15, -0.1) is 10.2 Å². The maximum Gasteiger partial charge on any atom is 0.236 e. The van der Waals surface area contributed by atoms with E-state index in [1.54, 1.807) is 18.5 Å². The number of hydrogen-bond donors (Lipinski definition) is 1. The molecule has 1 aromatic carbocycles. The van der Waals surface area contributed by atoms with E-state index in [2.05, 4.69) is 20.5 Å².